The fourth-order valence-corrected chi connectivity index (χ4v) is 2.91. The van der Waals surface area contributed by atoms with Crippen molar-refractivity contribution in [2.45, 2.75) is 0 Å². The molecule has 8 nitrogen and oxygen atoms in total. The smallest absolute Gasteiger partial charge is 0.260 e. The number of methoxy groups -OCH3 is 1. The van der Waals surface area contributed by atoms with Gasteiger partial charge in [-0.2, -0.15) is 0 Å². The van der Waals surface area contributed by atoms with Crippen molar-refractivity contribution in [3.05, 3.63) is 48.5 Å². The van der Waals surface area contributed by atoms with Crippen LogP contribution in [0.25, 0.3) is 0 Å². The molecular formula is C21H24N2O6. The number of rotatable bonds is 7. The lowest BCUT2D eigenvalue weighted by atomic mass is 10.3. The Bertz CT molecular complexity index is 831. The maximum atomic E-state index is 12.4. The van der Waals surface area contributed by atoms with Gasteiger partial charge < -0.3 is 29.1 Å². The first-order chi connectivity index (χ1) is 14.0. The van der Waals surface area contributed by atoms with Gasteiger partial charge in [0.25, 0.3) is 11.8 Å². The summed E-state index contributed by atoms with van der Waals surface area (Å²) < 4.78 is 16.1. The summed E-state index contributed by atoms with van der Waals surface area (Å²) in [6.45, 7) is 1.64. The second kappa shape index (κ2) is 9.68. The summed E-state index contributed by atoms with van der Waals surface area (Å²) in [6, 6.07) is 13.3. The van der Waals surface area contributed by atoms with Crippen molar-refractivity contribution in [1.29, 1.82) is 0 Å². The molecule has 0 unspecified atom stereocenters. The number of phenolic OH excluding ortho intramolecular Hbond substituents is 1. The molecule has 1 heterocycles. The lowest BCUT2D eigenvalue weighted by Crippen LogP contribution is -2.52. The third kappa shape index (κ3) is 5.78. The molecule has 1 aliphatic rings. The van der Waals surface area contributed by atoms with Gasteiger partial charge in [0, 0.05) is 32.2 Å². The molecule has 1 saturated heterocycles. The van der Waals surface area contributed by atoms with E-state index in [4.69, 9.17) is 14.2 Å². The summed E-state index contributed by atoms with van der Waals surface area (Å²) >= 11 is 0. The summed E-state index contributed by atoms with van der Waals surface area (Å²) in [5.41, 5.74) is 0. The Hall–Kier alpha value is -3.42. The van der Waals surface area contributed by atoms with Crippen molar-refractivity contribution >= 4 is 11.8 Å². The summed E-state index contributed by atoms with van der Waals surface area (Å²) in [4.78, 5) is 28.0. The number of ether oxygens (including phenoxy) is 3. The molecule has 0 aromatic heterocycles. The Kier molecular flexibility index (Phi) is 6.78. The van der Waals surface area contributed by atoms with Gasteiger partial charge in [0.2, 0.25) is 0 Å². The first kappa shape index (κ1) is 20.3. The van der Waals surface area contributed by atoms with Gasteiger partial charge in [-0.15, -0.1) is 0 Å². The van der Waals surface area contributed by atoms with E-state index in [-0.39, 0.29) is 30.8 Å². The zero-order valence-electron chi connectivity index (χ0n) is 16.2. The number of benzene rings is 2. The maximum Gasteiger partial charge on any atom is 0.260 e. The Morgan fingerprint density at radius 3 is 1.90 bits per heavy atom. The van der Waals surface area contributed by atoms with Gasteiger partial charge in [-0.1, -0.05) is 6.07 Å². The Morgan fingerprint density at radius 2 is 1.34 bits per heavy atom. The van der Waals surface area contributed by atoms with Crippen LogP contribution in [-0.4, -0.2) is 73.2 Å². The first-order valence-electron chi connectivity index (χ1n) is 9.29. The molecule has 0 aliphatic carbocycles. The Morgan fingerprint density at radius 1 is 0.828 bits per heavy atom. The topological polar surface area (TPSA) is 88.5 Å². The minimum atomic E-state index is -0.141. The number of phenols is 1. The fourth-order valence-electron chi connectivity index (χ4n) is 2.91. The third-order valence-corrected chi connectivity index (χ3v) is 4.59. The van der Waals surface area contributed by atoms with E-state index in [1.54, 1.807) is 53.3 Å². The van der Waals surface area contributed by atoms with Gasteiger partial charge in [0.05, 0.1) is 7.11 Å². The third-order valence-electron chi connectivity index (χ3n) is 4.59. The lowest BCUT2D eigenvalue weighted by Gasteiger charge is -2.34. The van der Waals surface area contributed by atoms with Crippen molar-refractivity contribution in [2.75, 3.05) is 46.5 Å². The van der Waals surface area contributed by atoms with Crippen LogP contribution in [-0.2, 0) is 9.59 Å². The lowest BCUT2D eigenvalue weighted by molar-refractivity contribution is -0.141. The van der Waals surface area contributed by atoms with E-state index in [0.29, 0.717) is 43.4 Å². The zero-order chi connectivity index (χ0) is 20.6. The summed E-state index contributed by atoms with van der Waals surface area (Å²) in [5.74, 6) is 1.62. The normalized spacial score (nSPS) is 13.7. The molecule has 154 valence electrons. The number of amides is 2. The average molecular weight is 400 g/mol. The van der Waals surface area contributed by atoms with Crippen molar-refractivity contribution in [3.63, 3.8) is 0 Å². The molecule has 1 fully saturated rings. The SMILES string of the molecule is COc1cccc(OCC(=O)N2CCN(C(=O)COc3ccc(O)cc3)CC2)c1. The molecule has 0 spiro atoms. The van der Waals surface area contributed by atoms with Crippen LogP contribution in [0.5, 0.6) is 23.0 Å². The van der Waals surface area contributed by atoms with Crippen LogP contribution >= 0.6 is 0 Å². The molecule has 0 saturated carbocycles. The van der Waals surface area contributed by atoms with E-state index in [9.17, 15) is 14.7 Å². The van der Waals surface area contributed by atoms with Gasteiger partial charge in [-0.3, -0.25) is 9.59 Å². The second-order valence-electron chi connectivity index (χ2n) is 6.51. The Balaban J connectivity index is 1.40. The fraction of sp³-hybridized carbons (Fsp3) is 0.333. The van der Waals surface area contributed by atoms with Crippen molar-refractivity contribution in [1.82, 2.24) is 9.80 Å². The zero-order valence-corrected chi connectivity index (χ0v) is 16.2. The van der Waals surface area contributed by atoms with Crippen molar-refractivity contribution < 1.29 is 28.9 Å². The number of hydrogen-bond donors (Lipinski definition) is 1. The predicted molar refractivity (Wildman–Crippen MR) is 105 cm³/mol. The van der Waals surface area contributed by atoms with E-state index in [2.05, 4.69) is 0 Å². The molecule has 29 heavy (non-hydrogen) atoms. The standard InChI is InChI=1S/C21H24N2O6/c1-27-18-3-2-4-19(13-18)29-15-21(26)23-11-9-22(10-12-23)20(25)14-28-17-7-5-16(24)6-8-17/h2-8,13,24H,9-12,14-15H2,1H3. The summed E-state index contributed by atoms with van der Waals surface area (Å²) in [7, 11) is 1.57. The highest BCUT2D eigenvalue weighted by Crippen LogP contribution is 2.19. The monoisotopic (exact) mass is 400 g/mol. The molecule has 8 heteroatoms. The van der Waals surface area contributed by atoms with Gasteiger partial charge in [0.15, 0.2) is 13.2 Å². The average Bonchev–Trinajstić information content (AvgIpc) is 2.77. The van der Waals surface area contributed by atoms with E-state index in [0.717, 1.165) is 0 Å². The minimum Gasteiger partial charge on any atom is -0.508 e. The van der Waals surface area contributed by atoms with Crippen molar-refractivity contribution in [2.24, 2.45) is 0 Å². The maximum absolute atomic E-state index is 12.4. The molecular weight excluding hydrogens is 376 g/mol. The second-order valence-corrected chi connectivity index (χ2v) is 6.51. The molecule has 2 aromatic carbocycles. The summed E-state index contributed by atoms with van der Waals surface area (Å²) in [5, 5.41) is 9.26. The van der Waals surface area contributed by atoms with Crippen LogP contribution in [0.15, 0.2) is 48.5 Å². The first-order valence-corrected chi connectivity index (χ1v) is 9.29. The highest BCUT2D eigenvalue weighted by Gasteiger charge is 2.24. The van der Waals surface area contributed by atoms with E-state index >= 15 is 0 Å². The summed E-state index contributed by atoms with van der Waals surface area (Å²) in [6.07, 6.45) is 0. The number of hydrogen-bond acceptors (Lipinski definition) is 6. The number of carbonyl (C=O) groups excluding carboxylic acids is 2. The van der Waals surface area contributed by atoms with Gasteiger partial charge >= 0.3 is 0 Å². The molecule has 2 aromatic rings. The number of aromatic hydroxyl groups is 1. The molecule has 2 amide bonds. The molecule has 1 aliphatic heterocycles. The van der Waals surface area contributed by atoms with Crippen LogP contribution in [0.2, 0.25) is 0 Å². The predicted octanol–water partition coefficient (Wildman–Crippen LogP) is 1.53. The number of carbonyl (C=O) groups is 2. The number of nitrogens with zero attached hydrogens (tertiary/aromatic N) is 2. The van der Waals surface area contributed by atoms with Crippen LogP contribution < -0.4 is 14.2 Å². The highest BCUT2D eigenvalue weighted by molar-refractivity contribution is 5.80. The largest absolute Gasteiger partial charge is 0.508 e. The van der Waals surface area contributed by atoms with Gasteiger partial charge in [-0.05, 0) is 36.4 Å². The van der Waals surface area contributed by atoms with E-state index in [1.165, 1.54) is 12.1 Å². The molecule has 3 rings (SSSR count). The van der Waals surface area contributed by atoms with E-state index in [1.807, 2.05) is 0 Å². The molecule has 0 bridgehead atoms. The van der Waals surface area contributed by atoms with Crippen LogP contribution in [0.4, 0.5) is 0 Å². The van der Waals surface area contributed by atoms with Gasteiger partial charge in [-0.25, -0.2) is 0 Å². The Labute approximate surface area is 169 Å². The number of piperazine rings is 1. The quantitative estimate of drug-likeness (QED) is 0.758. The molecule has 0 radical (unpaired) electrons. The van der Waals surface area contributed by atoms with Crippen molar-refractivity contribution in [3.8, 4) is 23.0 Å². The van der Waals surface area contributed by atoms with Gasteiger partial charge in [0.1, 0.15) is 23.0 Å². The van der Waals surface area contributed by atoms with Crippen LogP contribution in [0.3, 0.4) is 0 Å². The minimum absolute atomic E-state index is 0.0644. The highest BCUT2D eigenvalue weighted by atomic mass is 16.5. The molecule has 0 atom stereocenters. The van der Waals surface area contributed by atoms with Crippen LogP contribution in [0.1, 0.15) is 0 Å². The molecule has 1 N–H and O–H groups in total. The van der Waals surface area contributed by atoms with E-state index < -0.39 is 0 Å². The van der Waals surface area contributed by atoms with Crippen LogP contribution in [0, 0.1) is 0 Å².